The highest BCUT2D eigenvalue weighted by molar-refractivity contribution is 7.52. The highest BCUT2D eigenvalue weighted by Crippen LogP contribution is 2.48. The molecule has 0 bridgehead atoms. The van der Waals surface area contributed by atoms with Crippen molar-refractivity contribution in [2.24, 2.45) is 0 Å². The van der Waals surface area contributed by atoms with Gasteiger partial charge < -0.3 is 38.1 Å². The van der Waals surface area contributed by atoms with Crippen LogP contribution in [0.25, 0.3) is 11.0 Å². The summed E-state index contributed by atoms with van der Waals surface area (Å²) in [5.41, 5.74) is 0.624. The maximum Gasteiger partial charge on any atom is 0.459 e. The maximum atomic E-state index is 15.5. The molecule has 2 aromatic heterocycles. The van der Waals surface area contributed by atoms with Crippen LogP contribution in [0.3, 0.4) is 0 Å². The fourth-order valence-corrected chi connectivity index (χ4v) is 7.71. The normalized spacial score (nSPS) is 21.2. The molecule has 0 aliphatic carbocycles. The molecule has 20 heteroatoms. The number of furan rings is 1. The third-order valence-corrected chi connectivity index (χ3v) is 10.8. The van der Waals surface area contributed by atoms with Crippen LogP contribution in [0.1, 0.15) is 35.7 Å². The van der Waals surface area contributed by atoms with E-state index in [1.165, 1.54) is 19.1 Å². The number of nitrogens with one attached hydrogen (secondary N) is 1. The molecule has 1 unspecified atom stereocenters. The van der Waals surface area contributed by atoms with Crippen molar-refractivity contribution in [3.05, 3.63) is 93.9 Å². The molecule has 4 aromatic rings. The minimum absolute atomic E-state index is 0.0457. The van der Waals surface area contributed by atoms with Gasteiger partial charge in [0.05, 0.1) is 38.5 Å². The number of carbonyl (C=O) groups is 2. The van der Waals surface area contributed by atoms with Gasteiger partial charge in [-0.3, -0.25) is 23.6 Å². The van der Waals surface area contributed by atoms with Gasteiger partial charge in [-0.05, 0) is 49.7 Å². The number of ether oxygens (including phenoxy) is 4. The van der Waals surface area contributed by atoms with Crippen LogP contribution in [0.15, 0.2) is 70.0 Å². The standard InChI is InChI=1S/C37H43F2N4O13P/c1-23-16-25-18-29(54-32(25)26(17-23)20-44)21-52-31(45)19-27-8-9-43(36(48)40-27)35-37(38,39)33(46)30(55-35)22-53-57(49,56-28-6-4-3-5-7-28)41-24(2)34(47)51-15-12-42-10-13-50-14-11-42/h3-9,16-18,24,30,33,35,44,46H,10-15,19-22H2,1-2H3,(H,41,49)/t24-,30+,33+,35+,57?/m0/s1. The number of hydrogen-bond donors (Lipinski definition) is 3. The summed E-state index contributed by atoms with van der Waals surface area (Å²) >= 11 is 0. The van der Waals surface area contributed by atoms with Crippen molar-refractivity contribution >= 4 is 30.7 Å². The van der Waals surface area contributed by atoms with Gasteiger partial charge in [0, 0.05) is 36.8 Å². The lowest BCUT2D eigenvalue weighted by Crippen LogP contribution is -2.42. The molecule has 2 saturated heterocycles. The molecule has 308 valence electrons. The molecule has 0 radical (unpaired) electrons. The van der Waals surface area contributed by atoms with E-state index in [1.807, 2.05) is 13.0 Å². The Morgan fingerprint density at radius 3 is 2.60 bits per heavy atom. The van der Waals surface area contributed by atoms with E-state index in [1.54, 1.807) is 30.3 Å². The number of carbonyl (C=O) groups excluding carboxylic acids is 2. The first-order valence-corrected chi connectivity index (χ1v) is 19.6. The second kappa shape index (κ2) is 18.3. The van der Waals surface area contributed by atoms with E-state index < -0.39 is 68.8 Å². The van der Waals surface area contributed by atoms with E-state index in [2.05, 4.69) is 15.0 Å². The Kier molecular flexibility index (Phi) is 13.5. The summed E-state index contributed by atoms with van der Waals surface area (Å²) in [7, 11) is -4.55. The van der Waals surface area contributed by atoms with Crippen molar-refractivity contribution in [2.75, 3.05) is 46.1 Å². The first-order chi connectivity index (χ1) is 27.2. The fourth-order valence-electron chi connectivity index (χ4n) is 6.21. The van der Waals surface area contributed by atoms with Crippen molar-refractivity contribution in [1.82, 2.24) is 19.5 Å². The predicted octanol–water partition coefficient (Wildman–Crippen LogP) is 3.03. The topological polar surface area (TPSA) is 210 Å². The Hall–Kier alpha value is -4.59. The number of morpholine rings is 1. The van der Waals surface area contributed by atoms with E-state index in [-0.39, 0.29) is 31.3 Å². The molecule has 2 fully saturated rings. The highest BCUT2D eigenvalue weighted by Gasteiger charge is 2.60. The molecule has 17 nitrogen and oxygen atoms in total. The molecular weight excluding hydrogens is 777 g/mol. The van der Waals surface area contributed by atoms with Gasteiger partial charge in [-0.1, -0.05) is 24.3 Å². The predicted molar refractivity (Wildman–Crippen MR) is 195 cm³/mol. The average Bonchev–Trinajstić information content (AvgIpc) is 3.70. The monoisotopic (exact) mass is 820 g/mol. The lowest BCUT2D eigenvalue weighted by atomic mass is 10.1. The second-order valence-corrected chi connectivity index (χ2v) is 15.2. The van der Waals surface area contributed by atoms with Crippen LogP contribution >= 0.6 is 7.75 Å². The summed E-state index contributed by atoms with van der Waals surface area (Å²) < 4.78 is 83.4. The third-order valence-electron chi connectivity index (χ3n) is 9.12. The molecule has 0 spiro atoms. The number of halogens is 2. The Bertz CT molecular complexity index is 2130. The Labute approximate surface area is 325 Å². The van der Waals surface area contributed by atoms with Crippen LogP contribution in [-0.4, -0.2) is 107 Å². The van der Waals surface area contributed by atoms with E-state index in [0.29, 0.717) is 59.7 Å². The van der Waals surface area contributed by atoms with Crippen molar-refractivity contribution in [3.63, 3.8) is 0 Å². The molecular formula is C37H43F2N4O13P. The molecule has 5 atom stereocenters. The van der Waals surface area contributed by atoms with Crippen molar-refractivity contribution < 1.29 is 65.6 Å². The minimum Gasteiger partial charge on any atom is -0.463 e. The fraction of sp³-hybridized carbons (Fsp3) is 0.459. The maximum absolute atomic E-state index is 15.5. The molecule has 6 rings (SSSR count). The summed E-state index contributed by atoms with van der Waals surface area (Å²) in [5.74, 6) is -5.28. The van der Waals surface area contributed by atoms with Crippen LogP contribution in [0.4, 0.5) is 8.78 Å². The largest absolute Gasteiger partial charge is 0.463 e. The van der Waals surface area contributed by atoms with Crippen molar-refractivity contribution in [1.29, 1.82) is 0 Å². The highest BCUT2D eigenvalue weighted by atomic mass is 31.2. The van der Waals surface area contributed by atoms with Crippen LogP contribution in [0.5, 0.6) is 5.75 Å². The van der Waals surface area contributed by atoms with E-state index in [9.17, 15) is 29.2 Å². The number of nitrogens with zero attached hydrogens (tertiary/aromatic N) is 3. The number of aryl methyl sites for hydroxylation is 1. The molecule has 0 saturated carbocycles. The molecule has 4 heterocycles. The molecule has 0 amide bonds. The van der Waals surface area contributed by atoms with E-state index >= 15 is 8.78 Å². The van der Waals surface area contributed by atoms with Gasteiger partial charge in [0.1, 0.15) is 42.5 Å². The average molecular weight is 821 g/mol. The Morgan fingerprint density at radius 2 is 1.88 bits per heavy atom. The van der Waals surface area contributed by atoms with Gasteiger partial charge in [0.15, 0.2) is 6.10 Å². The summed E-state index contributed by atoms with van der Waals surface area (Å²) in [5, 5.41) is 23.4. The number of hydrogen-bond acceptors (Lipinski definition) is 15. The number of aliphatic hydroxyl groups excluding tert-OH is 2. The first-order valence-electron chi connectivity index (χ1n) is 18.1. The summed E-state index contributed by atoms with van der Waals surface area (Å²) in [6.45, 7) is 4.78. The zero-order chi connectivity index (χ0) is 40.7. The lowest BCUT2D eigenvalue weighted by molar-refractivity contribution is -0.146. The van der Waals surface area contributed by atoms with E-state index in [4.69, 9.17) is 32.4 Å². The number of esters is 2. The molecule has 2 aliphatic rings. The van der Waals surface area contributed by atoms with Crippen molar-refractivity contribution in [3.8, 4) is 5.75 Å². The second-order valence-electron chi connectivity index (χ2n) is 13.5. The molecule has 57 heavy (non-hydrogen) atoms. The minimum atomic E-state index is -4.55. The smallest absolute Gasteiger partial charge is 0.459 e. The number of aliphatic hydroxyl groups is 2. The Balaban J connectivity index is 1.06. The quantitative estimate of drug-likeness (QED) is 0.103. The third kappa shape index (κ3) is 10.5. The van der Waals surface area contributed by atoms with Gasteiger partial charge in [-0.15, -0.1) is 0 Å². The van der Waals surface area contributed by atoms with Crippen LogP contribution in [-0.2, 0) is 57.3 Å². The van der Waals surface area contributed by atoms with Gasteiger partial charge in [-0.2, -0.15) is 18.9 Å². The van der Waals surface area contributed by atoms with Crippen LogP contribution in [0.2, 0.25) is 0 Å². The SMILES string of the molecule is Cc1cc(CO)c2oc(COC(=O)Cc3ccn([C@@H]4O[C@H](COP(=O)(N[C@@H](C)C(=O)OCCN5CCOCC5)Oc5ccccc5)[C@@H](O)C4(F)F)c(=O)n3)cc2c1. The number of fused-ring (bicyclic) bond motifs is 1. The van der Waals surface area contributed by atoms with Gasteiger partial charge in [0.2, 0.25) is 6.23 Å². The summed E-state index contributed by atoms with van der Waals surface area (Å²) in [4.78, 5) is 44.1. The van der Waals surface area contributed by atoms with Crippen molar-refractivity contribution in [2.45, 2.75) is 63.9 Å². The van der Waals surface area contributed by atoms with Gasteiger partial charge in [-0.25, -0.2) is 9.36 Å². The Morgan fingerprint density at radius 1 is 1.12 bits per heavy atom. The molecule has 2 aliphatic heterocycles. The number of aromatic nitrogens is 2. The van der Waals surface area contributed by atoms with Crippen LogP contribution < -0.4 is 15.3 Å². The molecule has 2 aromatic carbocycles. The number of rotatable bonds is 17. The lowest BCUT2D eigenvalue weighted by Gasteiger charge is -2.27. The van der Waals surface area contributed by atoms with Crippen LogP contribution in [0, 0.1) is 6.92 Å². The number of para-hydroxylation sites is 1. The number of benzene rings is 2. The van der Waals surface area contributed by atoms with Gasteiger partial charge in [0.25, 0.3) is 0 Å². The number of alkyl halides is 2. The zero-order valence-electron chi connectivity index (χ0n) is 31.1. The molecule has 3 N–H and O–H groups in total. The van der Waals surface area contributed by atoms with E-state index in [0.717, 1.165) is 17.8 Å². The summed E-state index contributed by atoms with van der Waals surface area (Å²) in [6.07, 6.45) is -6.31. The van der Waals surface area contributed by atoms with Gasteiger partial charge >= 0.3 is 31.3 Å². The zero-order valence-corrected chi connectivity index (χ0v) is 32.0. The first kappa shape index (κ1) is 42.0. The summed E-state index contributed by atoms with van der Waals surface area (Å²) in [6, 6.07) is 12.9.